The van der Waals surface area contributed by atoms with E-state index in [1.54, 1.807) is 0 Å². The molecule has 0 aromatic heterocycles. The van der Waals surface area contributed by atoms with E-state index in [-0.39, 0.29) is 24.9 Å². The maximum absolute atomic E-state index is 11.9. The van der Waals surface area contributed by atoms with Gasteiger partial charge in [0.25, 0.3) is 0 Å². The third-order valence-corrected chi connectivity index (χ3v) is 3.60. The summed E-state index contributed by atoms with van der Waals surface area (Å²) >= 11 is 0. The summed E-state index contributed by atoms with van der Waals surface area (Å²) in [6.07, 6.45) is 0.661. The molecule has 0 radical (unpaired) electrons. The van der Waals surface area contributed by atoms with Crippen LogP contribution in [0.1, 0.15) is 26.3 Å². The molecule has 0 aliphatic rings. The lowest BCUT2D eigenvalue weighted by atomic mass is 9.94. The summed E-state index contributed by atoms with van der Waals surface area (Å²) in [4.78, 5) is 36.1. The van der Waals surface area contributed by atoms with Gasteiger partial charge in [0.15, 0.2) is 0 Å². The Morgan fingerprint density at radius 1 is 1.17 bits per heavy atom. The number of nitrogens with zero attached hydrogens (tertiary/aromatic N) is 1. The highest BCUT2D eigenvalue weighted by Crippen LogP contribution is 2.13. The zero-order valence-electron chi connectivity index (χ0n) is 13.8. The van der Waals surface area contributed by atoms with Crippen LogP contribution in [-0.2, 0) is 20.8 Å². The van der Waals surface area contributed by atoms with Gasteiger partial charge in [0, 0.05) is 20.0 Å². The Kier molecular flexibility index (Phi) is 6.75. The molecule has 0 aliphatic carbocycles. The second kappa shape index (κ2) is 8.31. The quantitative estimate of drug-likeness (QED) is 0.756. The molecule has 6 nitrogen and oxygen atoms in total. The maximum Gasteiger partial charge on any atom is 0.310 e. The topological polar surface area (TPSA) is 86.7 Å². The van der Waals surface area contributed by atoms with Crippen LogP contribution < -0.4 is 5.32 Å². The van der Waals surface area contributed by atoms with E-state index in [9.17, 15) is 14.4 Å². The van der Waals surface area contributed by atoms with Gasteiger partial charge < -0.3 is 15.3 Å². The molecule has 1 rings (SSSR count). The summed E-state index contributed by atoms with van der Waals surface area (Å²) in [5.74, 6) is -1.53. The number of carbonyl (C=O) groups is 3. The number of carboxylic acids is 1. The minimum atomic E-state index is -1.04. The number of rotatable bonds is 8. The van der Waals surface area contributed by atoms with E-state index < -0.39 is 11.4 Å². The summed E-state index contributed by atoms with van der Waals surface area (Å²) in [6, 6.07) is 9.70. The first-order valence-corrected chi connectivity index (χ1v) is 7.52. The van der Waals surface area contributed by atoms with Gasteiger partial charge in [-0.1, -0.05) is 30.3 Å². The molecule has 2 N–H and O–H groups in total. The molecule has 126 valence electrons. The van der Waals surface area contributed by atoms with Crippen molar-refractivity contribution in [3.63, 3.8) is 0 Å². The van der Waals surface area contributed by atoms with E-state index in [4.69, 9.17) is 5.11 Å². The predicted octanol–water partition coefficient (Wildman–Crippen LogP) is 1.30. The molecule has 1 aromatic carbocycles. The number of aliphatic carboxylic acids is 1. The minimum absolute atomic E-state index is 0.0194. The van der Waals surface area contributed by atoms with Gasteiger partial charge in [0.1, 0.15) is 0 Å². The van der Waals surface area contributed by atoms with Crippen molar-refractivity contribution in [2.24, 2.45) is 5.41 Å². The summed E-state index contributed by atoms with van der Waals surface area (Å²) < 4.78 is 0. The first-order valence-electron chi connectivity index (χ1n) is 7.52. The fraction of sp³-hybridized carbons (Fsp3) is 0.471. The molecule has 0 heterocycles. The molecule has 0 spiro atoms. The largest absolute Gasteiger partial charge is 0.481 e. The van der Waals surface area contributed by atoms with Gasteiger partial charge in [-0.05, 0) is 25.8 Å². The Balaban J connectivity index is 2.50. The third-order valence-electron chi connectivity index (χ3n) is 3.60. The lowest BCUT2D eigenvalue weighted by Gasteiger charge is -2.23. The van der Waals surface area contributed by atoms with Crippen molar-refractivity contribution in [3.05, 3.63) is 35.9 Å². The summed E-state index contributed by atoms with van der Waals surface area (Å²) in [5, 5.41) is 11.6. The second-order valence-electron chi connectivity index (χ2n) is 6.14. The predicted molar refractivity (Wildman–Crippen MR) is 86.8 cm³/mol. The van der Waals surface area contributed by atoms with E-state index in [2.05, 4.69) is 5.32 Å². The number of carbonyl (C=O) groups excluding carboxylic acids is 2. The molecule has 0 atom stereocenters. The molecule has 6 heteroatoms. The second-order valence-corrected chi connectivity index (χ2v) is 6.14. The van der Waals surface area contributed by atoms with Crippen LogP contribution in [0, 0.1) is 5.41 Å². The Morgan fingerprint density at radius 3 is 2.30 bits per heavy atom. The van der Waals surface area contributed by atoms with Crippen molar-refractivity contribution >= 4 is 17.8 Å². The van der Waals surface area contributed by atoms with Gasteiger partial charge in [0.2, 0.25) is 11.8 Å². The molecule has 2 amide bonds. The molecule has 0 bridgehead atoms. The van der Waals surface area contributed by atoms with Crippen LogP contribution >= 0.6 is 0 Å². The smallest absolute Gasteiger partial charge is 0.310 e. The minimum Gasteiger partial charge on any atom is -0.481 e. The van der Waals surface area contributed by atoms with Crippen LogP contribution in [0.3, 0.4) is 0 Å². The van der Waals surface area contributed by atoms with Crippen LogP contribution in [0.5, 0.6) is 0 Å². The van der Waals surface area contributed by atoms with Gasteiger partial charge in [-0.15, -0.1) is 0 Å². The van der Waals surface area contributed by atoms with Crippen LogP contribution in [0.2, 0.25) is 0 Å². The highest BCUT2D eigenvalue weighted by Gasteiger charge is 2.27. The first kappa shape index (κ1) is 18.7. The molecule has 0 fully saturated rings. The van der Waals surface area contributed by atoms with Crippen molar-refractivity contribution in [3.8, 4) is 0 Å². The molecule has 0 aliphatic heterocycles. The van der Waals surface area contributed by atoms with E-state index in [1.807, 2.05) is 30.3 Å². The molecular weight excluding hydrogens is 296 g/mol. The van der Waals surface area contributed by atoms with Crippen molar-refractivity contribution < 1.29 is 19.5 Å². The average Bonchev–Trinajstić information content (AvgIpc) is 2.50. The van der Waals surface area contributed by atoms with Crippen molar-refractivity contribution in [2.75, 3.05) is 19.6 Å². The van der Waals surface area contributed by atoms with Crippen LogP contribution in [0.15, 0.2) is 30.3 Å². The van der Waals surface area contributed by atoms with Gasteiger partial charge in [0.05, 0.1) is 12.0 Å². The summed E-state index contributed by atoms with van der Waals surface area (Å²) in [7, 11) is 0. The van der Waals surface area contributed by atoms with Gasteiger partial charge in [-0.25, -0.2) is 0 Å². The van der Waals surface area contributed by atoms with Gasteiger partial charge in [-0.2, -0.15) is 0 Å². The van der Waals surface area contributed by atoms with Gasteiger partial charge in [-0.3, -0.25) is 14.4 Å². The Bertz CT molecular complexity index is 555. The van der Waals surface area contributed by atoms with Crippen molar-refractivity contribution in [1.29, 1.82) is 0 Å². The van der Waals surface area contributed by atoms with Crippen LogP contribution in [0.4, 0.5) is 0 Å². The van der Waals surface area contributed by atoms with E-state index >= 15 is 0 Å². The average molecular weight is 320 g/mol. The zero-order valence-corrected chi connectivity index (χ0v) is 13.8. The number of amides is 2. The van der Waals surface area contributed by atoms with Crippen molar-refractivity contribution in [2.45, 2.75) is 27.2 Å². The standard InChI is InChI=1S/C17H24N2O4/c1-13(20)19(10-9-14-7-5-4-6-8-14)11-15(21)18-12-17(2,3)16(22)23/h4-8H,9-12H2,1-3H3,(H,18,21)(H,22,23). The number of hydrogen-bond acceptors (Lipinski definition) is 3. The molecule has 23 heavy (non-hydrogen) atoms. The number of hydrogen-bond donors (Lipinski definition) is 2. The fourth-order valence-electron chi connectivity index (χ4n) is 1.88. The molecular formula is C17H24N2O4. The van der Waals surface area contributed by atoms with E-state index in [1.165, 1.54) is 25.7 Å². The Hall–Kier alpha value is -2.37. The summed E-state index contributed by atoms with van der Waals surface area (Å²) in [6.45, 7) is 4.87. The van der Waals surface area contributed by atoms with Gasteiger partial charge >= 0.3 is 5.97 Å². The van der Waals surface area contributed by atoms with Crippen LogP contribution in [-0.4, -0.2) is 47.4 Å². The van der Waals surface area contributed by atoms with E-state index in [0.717, 1.165) is 5.56 Å². The highest BCUT2D eigenvalue weighted by atomic mass is 16.4. The highest BCUT2D eigenvalue weighted by molar-refractivity contribution is 5.84. The fourth-order valence-corrected chi connectivity index (χ4v) is 1.88. The van der Waals surface area contributed by atoms with Crippen molar-refractivity contribution in [1.82, 2.24) is 10.2 Å². The lowest BCUT2D eigenvalue weighted by Crippen LogP contribution is -2.45. The Labute approximate surface area is 136 Å². The maximum atomic E-state index is 11.9. The normalized spacial score (nSPS) is 10.9. The summed E-state index contributed by atoms with van der Waals surface area (Å²) in [5.41, 5.74) is 0.0481. The number of benzene rings is 1. The SMILES string of the molecule is CC(=O)N(CCc1ccccc1)CC(=O)NCC(C)(C)C(=O)O. The lowest BCUT2D eigenvalue weighted by molar-refractivity contribution is -0.147. The first-order chi connectivity index (χ1) is 10.7. The number of carboxylic acid groups (broad SMARTS) is 1. The monoisotopic (exact) mass is 320 g/mol. The molecule has 0 saturated heterocycles. The Morgan fingerprint density at radius 2 is 1.78 bits per heavy atom. The molecule has 0 unspecified atom stereocenters. The molecule has 0 saturated carbocycles. The number of nitrogens with one attached hydrogen (secondary N) is 1. The third kappa shape index (κ3) is 6.50. The van der Waals surface area contributed by atoms with Crippen LogP contribution in [0.25, 0.3) is 0 Å². The molecule has 1 aromatic rings. The van der Waals surface area contributed by atoms with E-state index in [0.29, 0.717) is 13.0 Å². The zero-order chi connectivity index (χ0) is 17.5.